The summed E-state index contributed by atoms with van der Waals surface area (Å²) in [5.41, 5.74) is 0.612. The van der Waals surface area contributed by atoms with Crippen LogP contribution < -0.4 is 5.32 Å². The normalized spacial score (nSPS) is 27.8. The molecule has 1 aromatic rings. The maximum atomic E-state index is 12.1. The minimum absolute atomic E-state index is 0.00495. The second kappa shape index (κ2) is 5.34. The number of halogens is 1. The average Bonchev–Trinajstić information content (AvgIpc) is 2.40. The quantitative estimate of drug-likeness (QED) is 0.869. The largest absolute Gasteiger partial charge is 0.378 e. The highest BCUT2D eigenvalue weighted by Crippen LogP contribution is 2.51. The molecule has 1 saturated carbocycles. The summed E-state index contributed by atoms with van der Waals surface area (Å²) in [5, 5.41) is 3.51. The van der Waals surface area contributed by atoms with E-state index in [1.54, 1.807) is 19.4 Å². The predicted molar refractivity (Wildman–Crippen MR) is 78.7 cm³/mol. The van der Waals surface area contributed by atoms with Gasteiger partial charge in [-0.3, -0.25) is 4.79 Å². The van der Waals surface area contributed by atoms with E-state index in [4.69, 9.17) is 16.3 Å². The van der Waals surface area contributed by atoms with Gasteiger partial charge < -0.3 is 10.1 Å². The second-order valence-electron chi connectivity index (χ2n) is 6.15. The molecular weight excluding hydrogens is 276 g/mol. The predicted octanol–water partition coefficient (Wildman–Crippen LogP) is 2.60. The molecule has 1 amide bonds. The van der Waals surface area contributed by atoms with Crippen LogP contribution in [0.25, 0.3) is 0 Å². The molecule has 1 aromatic heterocycles. The first-order valence-electron chi connectivity index (χ1n) is 6.73. The molecule has 1 heterocycles. The van der Waals surface area contributed by atoms with Crippen LogP contribution in [0.5, 0.6) is 0 Å². The number of amides is 1. The van der Waals surface area contributed by atoms with E-state index in [2.05, 4.69) is 31.1 Å². The highest BCUT2D eigenvalue weighted by molar-refractivity contribution is 6.29. The van der Waals surface area contributed by atoms with Crippen LogP contribution in [0, 0.1) is 5.41 Å². The number of hydrogen-bond donors (Lipinski definition) is 1. The summed E-state index contributed by atoms with van der Waals surface area (Å²) in [6.45, 7) is 6.32. The molecule has 110 valence electrons. The number of rotatable bonds is 4. The van der Waals surface area contributed by atoms with E-state index in [9.17, 15) is 4.79 Å². The Kier molecular flexibility index (Phi) is 4.07. The van der Waals surface area contributed by atoms with Crippen molar-refractivity contribution in [3.05, 3.63) is 29.0 Å². The molecular formula is C15H21ClN2O2. The number of carbonyl (C=O) groups excluding carboxylic acids is 1. The molecule has 0 unspecified atom stereocenters. The monoisotopic (exact) mass is 296 g/mol. The zero-order chi connectivity index (χ0) is 15.0. The van der Waals surface area contributed by atoms with Gasteiger partial charge in [0, 0.05) is 24.8 Å². The fourth-order valence-electron chi connectivity index (χ4n) is 2.66. The van der Waals surface area contributed by atoms with Gasteiger partial charge >= 0.3 is 0 Å². The van der Waals surface area contributed by atoms with Gasteiger partial charge in [0.15, 0.2) is 0 Å². The van der Waals surface area contributed by atoms with Crippen LogP contribution in [0.1, 0.15) is 32.8 Å². The Labute approximate surface area is 124 Å². The zero-order valence-electron chi connectivity index (χ0n) is 12.4. The maximum absolute atomic E-state index is 12.1. The molecule has 4 nitrogen and oxygen atoms in total. The van der Waals surface area contributed by atoms with Crippen molar-refractivity contribution < 1.29 is 9.53 Å². The lowest BCUT2D eigenvalue weighted by Gasteiger charge is -2.59. The molecule has 5 heteroatoms. The van der Waals surface area contributed by atoms with Crippen molar-refractivity contribution in [1.82, 2.24) is 10.3 Å². The van der Waals surface area contributed by atoms with Crippen LogP contribution >= 0.6 is 11.6 Å². The van der Waals surface area contributed by atoms with Crippen molar-refractivity contribution in [2.24, 2.45) is 5.41 Å². The Balaban J connectivity index is 1.92. The van der Waals surface area contributed by atoms with Gasteiger partial charge in [0.1, 0.15) is 5.15 Å². The summed E-state index contributed by atoms with van der Waals surface area (Å²) in [6, 6.07) is 3.65. The number of nitrogens with zero attached hydrogens (tertiary/aromatic N) is 1. The van der Waals surface area contributed by atoms with Crippen LogP contribution in [0.15, 0.2) is 18.3 Å². The molecule has 1 aliphatic carbocycles. The maximum Gasteiger partial charge on any atom is 0.224 e. The van der Waals surface area contributed by atoms with E-state index >= 15 is 0 Å². The summed E-state index contributed by atoms with van der Waals surface area (Å²) < 4.78 is 5.56. The fourth-order valence-corrected chi connectivity index (χ4v) is 2.78. The van der Waals surface area contributed by atoms with Gasteiger partial charge in [-0.05, 0) is 25.0 Å². The molecule has 0 radical (unpaired) electrons. The van der Waals surface area contributed by atoms with Gasteiger partial charge in [-0.25, -0.2) is 4.98 Å². The highest BCUT2D eigenvalue weighted by Gasteiger charge is 2.58. The van der Waals surface area contributed by atoms with Crippen LogP contribution in [-0.4, -0.2) is 29.6 Å². The Morgan fingerprint density at radius 2 is 2.20 bits per heavy atom. The molecule has 2 rings (SSSR count). The summed E-state index contributed by atoms with van der Waals surface area (Å²) >= 11 is 5.72. The zero-order valence-corrected chi connectivity index (χ0v) is 13.1. The van der Waals surface area contributed by atoms with E-state index in [-0.39, 0.29) is 23.0 Å². The Morgan fingerprint density at radius 1 is 1.50 bits per heavy atom. The fraction of sp³-hybridized carbons (Fsp3) is 0.600. The standard InChI is InChI=1S/C15H21ClN2O2/c1-14(2)11(8-15(14,3)20-4)18-13(19)7-10-5-6-12(16)17-9-10/h5-6,9,11H,7-8H2,1-4H3,(H,18,19)/t11-,15+/m1/s1. The van der Waals surface area contributed by atoms with Crippen LogP contribution in [0.2, 0.25) is 5.15 Å². The summed E-state index contributed by atoms with van der Waals surface area (Å²) in [6.07, 6.45) is 2.79. The SMILES string of the molecule is CO[C@@]1(C)C[C@@H](NC(=O)Cc2ccc(Cl)nc2)C1(C)C. The molecule has 20 heavy (non-hydrogen) atoms. The lowest BCUT2D eigenvalue weighted by Crippen LogP contribution is -2.68. The number of hydrogen-bond acceptors (Lipinski definition) is 3. The topological polar surface area (TPSA) is 51.2 Å². The van der Waals surface area contributed by atoms with Gasteiger partial charge in [-0.2, -0.15) is 0 Å². The number of pyridine rings is 1. The number of aromatic nitrogens is 1. The third-order valence-corrected chi connectivity index (χ3v) is 4.99. The summed E-state index contributed by atoms with van der Waals surface area (Å²) in [7, 11) is 1.72. The number of carbonyl (C=O) groups is 1. The van der Waals surface area contributed by atoms with Crippen LogP contribution in [-0.2, 0) is 16.0 Å². The third-order valence-electron chi connectivity index (χ3n) is 4.77. The van der Waals surface area contributed by atoms with Gasteiger partial charge in [-0.15, -0.1) is 0 Å². The molecule has 1 N–H and O–H groups in total. The van der Waals surface area contributed by atoms with Crippen LogP contribution in [0.3, 0.4) is 0 Å². The van der Waals surface area contributed by atoms with E-state index < -0.39 is 0 Å². The minimum atomic E-state index is -0.174. The van der Waals surface area contributed by atoms with Crippen LogP contribution in [0.4, 0.5) is 0 Å². The van der Waals surface area contributed by atoms with Gasteiger partial charge in [0.05, 0.1) is 12.0 Å². The molecule has 0 saturated heterocycles. The Bertz CT molecular complexity index is 501. The Hall–Kier alpha value is -1.13. The number of methoxy groups -OCH3 is 1. The number of nitrogens with one attached hydrogen (secondary N) is 1. The molecule has 0 aliphatic heterocycles. The first-order chi connectivity index (χ1) is 9.28. The lowest BCUT2D eigenvalue weighted by atomic mass is 9.56. The van der Waals surface area contributed by atoms with Gasteiger partial charge in [0.25, 0.3) is 0 Å². The molecule has 0 aromatic carbocycles. The van der Waals surface area contributed by atoms with Crippen molar-refractivity contribution in [3.63, 3.8) is 0 Å². The summed E-state index contributed by atoms with van der Waals surface area (Å²) in [4.78, 5) is 16.1. The van der Waals surface area contributed by atoms with Crippen molar-refractivity contribution in [2.45, 2.75) is 45.3 Å². The molecule has 2 atom stereocenters. The van der Waals surface area contributed by atoms with Gasteiger partial charge in [0.2, 0.25) is 5.91 Å². The van der Waals surface area contributed by atoms with Crippen molar-refractivity contribution in [2.75, 3.05) is 7.11 Å². The van der Waals surface area contributed by atoms with Crippen molar-refractivity contribution >= 4 is 17.5 Å². The van der Waals surface area contributed by atoms with E-state index in [0.717, 1.165) is 12.0 Å². The molecule has 0 bridgehead atoms. The minimum Gasteiger partial charge on any atom is -0.378 e. The van der Waals surface area contributed by atoms with E-state index in [1.165, 1.54) is 0 Å². The highest BCUT2D eigenvalue weighted by atomic mass is 35.5. The second-order valence-corrected chi connectivity index (χ2v) is 6.53. The van der Waals surface area contributed by atoms with Gasteiger partial charge in [-0.1, -0.05) is 31.5 Å². The lowest BCUT2D eigenvalue weighted by molar-refractivity contribution is -0.182. The van der Waals surface area contributed by atoms with Crippen molar-refractivity contribution in [1.29, 1.82) is 0 Å². The van der Waals surface area contributed by atoms with Crippen molar-refractivity contribution in [3.8, 4) is 0 Å². The first-order valence-corrected chi connectivity index (χ1v) is 7.11. The first kappa shape index (κ1) is 15.3. The smallest absolute Gasteiger partial charge is 0.224 e. The Morgan fingerprint density at radius 3 is 2.70 bits per heavy atom. The summed E-state index contributed by atoms with van der Waals surface area (Å²) in [5.74, 6) is 0.00495. The van der Waals surface area contributed by atoms with E-state index in [1.807, 2.05) is 6.07 Å². The van der Waals surface area contributed by atoms with E-state index in [0.29, 0.717) is 11.6 Å². The average molecular weight is 297 g/mol. The number of ether oxygens (including phenoxy) is 1. The third kappa shape index (κ3) is 2.67. The molecule has 1 fully saturated rings. The molecule has 1 aliphatic rings. The molecule has 0 spiro atoms.